The highest BCUT2D eigenvalue weighted by atomic mass is 19.2. The Hall–Kier alpha value is -7.16. The number of hydrogen-bond donors (Lipinski definition) is 3. The summed E-state index contributed by atoms with van der Waals surface area (Å²) >= 11 is 0. The number of aldehydes is 1. The van der Waals surface area contributed by atoms with Gasteiger partial charge in [0, 0.05) is 11.1 Å². The molecule has 0 aromatic heterocycles. The number of aromatic carboxylic acids is 2. The van der Waals surface area contributed by atoms with Crippen molar-refractivity contribution in [3.8, 4) is 34.5 Å². The predicted molar refractivity (Wildman–Crippen MR) is 168 cm³/mol. The highest BCUT2D eigenvalue weighted by Crippen LogP contribution is 2.45. The first kappa shape index (κ1) is 46.9. The molecule has 27 heteroatoms. The second-order valence-electron chi connectivity index (χ2n) is 12.2. The highest BCUT2D eigenvalue weighted by molar-refractivity contribution is 5.98. The summed E-state index contributed by atoms with van der Waals surface area (Å²) < 4.78 is 266. The van der Waals surface area contributed by atoms with E-state index in [1.165, 1.54) is 0 Å². The minimum absolute atomic E-state index is 0.685. The molecule has 3 N–H and O–H groups in total. The fourth-order valence-corrected chi connectivity index (χ4v) is 5.52. The molecule has 0 saturated carbocycles. The van der Waals surface area contributed by atoms with Gasteiger partial charge in [0.05, 0.1) is 11.1 Å². The molecule has 334 valence electrons. The predicted octanol–water partition coefficient (Wildman–Crippen LogP) is 9.47. The maximum Gasteiger partial charge on any atom is 0.339 e. The van der Waals surface area contributed by atoms with E-state index in [2.05, 4.69) is 14.2 Å². The first-order valence-electron chi connectivity index (χ1n) is 16.0. The van der Waals surface area contributed by atoms with Crippen LogP contribution in [0.5, 0.6) is 34.5 Å². The van der Waals surface area contributed by atoms with Crippen molar-refractivity contribution in [2.75, 3.05) is 0 Å². The zero-order valence-electron chi connectivity index (χ0n) is 30.0. The van der Waals surface area contributed by atoms with Gasteiger partial charge in [-0.05, 0) is 13.8 Å². The fraction of sp³-hybridized carbons (Fsp3) is 0.0833. The molecule has 1 unspecified atom stereocenters. The number of rotatable bonds is 12. The van der Waals surface area contributed by atoms with Crippen LogP contribution in [0.25, 0.3) is 0 Å². The van der Waals surface area contributed by atoms with E-state index in [0.717, 1.165) is 0 Å². The monoisotopic (exact) mass is 925 g/mol. The summed E-state index contributed by atoms with van der Waals surface area (Å²) in [6.45, 7) is -0.624. The Kier molecular flexibility index (Phi) is 12.6. The molecule has 0 aliphatic rings. The van der Waals surface area contributed by atoms with Crippen molar-refractivity contribution < 1.29 is 119 Å². The van der Waals surface area contributed by atoms with Gasteiger partial charge in [-0.25, -0.2) is 31.5 Å². The number of hydrogen-bond acceptors (Lipinski definition) is 7. The Morgan fingerprint density at radius 3 is 1.06 bits per heavy atom. The van der Waals surface area contributed by atoms with Gasteiger partial charge in [0.15, 0.2) is 41.2 Å². The third-order valence-corrected chi connectivity index (χ3v) is 8.59. The van der Waals surface area contributed by atoms with Crippen molar-refractivity contribution in [3.05, 3.63) is 137 Å². The van der Waals surface area contributed by atoms with Gasteiger partial charge in [0.1, 0.15) is 23.5 Å². The summed E-state index contributed by atoms with van der Waals surface area (Å²) in [6.07, 6.45) is -0.762. The number of halogens is 17. The van der Waals surface area contributed by atoms with Crippen LogP contribution in [0.4, 0.5) is 80.3 Å². The van der Waals surface area contributed by atoms with Crippen LogP contribution in [0.15, 0.2) is 0 Å². The number of carbonyl (C=O) groups is 3. The van der Waals surface area contributed by atoms with E-state index in [9.17, 15) is 68.6 Å². The second-order valence-corrected chi connectivity index (χ2v) is 12.2. The average molecular weight is 925 g/mol. The number of ether oxygens (including phenoxy) is 3. The minimum atomic E-state index is -3.09. The number of benzene rings is 5. The first-order valence-corrected chi connectivity index (χ1v) is 16.0. The molecule has 0 spiro atoms. The van der Waals surface area contributed by atoms with E-state index >= 15 is 30.7 Å². The molecule has 63 heavy (non-hydrogen) atoms. The van der Waals surface area contributed by atoms with Gasteiger partial charge in [-0.15, -0.1) is 0 Å². The van der Waals surface area contributed by atoms with Crippen LogP contribution in [0.2, 0.25) is 0 Å². The maximum atomic E-state index is 15.7. The first-order chi connectivity index (χ1) is 29.2. The zero-order chi connectivity index (χ0) is 47.6. The summed E-state index contributed by atoms with van der Waals surface area (Å²) in [5.41, 5.74) is -11.6. The molecule has 5 aromatic rings. The molecule has 0 amide bonds. The van der Waals surface area contributed by atoms with Gasteiger partial charge in [-0.3, -0.25) is 4.79 Å². The topological polar surface area (TPSA) is 147 Å². The van der Waals surface area contributed by atoms with Gasteiger partial charge in [0.25, 0.3) is 0 Å². The number of carboxylic acid groups (broad SMARTS) is 2. The zero-order valence-corrected chi connectivity index (χ0v) is 30.0. The summed E-state index contributed by atoms with van der Waals surface area (Å²) in [6, 6.07) is 0. The lowest BCUT2D eigenvalue weighted by Crippen LogP contribution is -3.01. The van der Waals surface area contributed by atoms with E-state index in [1.54, 1.807) is 0 Å². The highest BCUT2D eigenvalue weighted by Gasteiger charge is 2.39. The van der Waals surface area contributed by atoms with Gasteiger partial charge in [-0.2, -0.15) is 52.7 Å². The molecular weight excluding hydrogens is 913 g/mol. The van der Waals surface area contributed by atoms with E-state index in [0.29, 0.717) is 13.8 Å². The van der Waals surface area contributed by atoms with Crippen LogP contribution in [0, 0.1) is 118 Å². The van der Waals surface area contributed by atoms with Crippen molar-refractivity contribution in [1.29, 1.82) is 0 Å². The van der Waals surface area contributed by atoms with Crippen LogP contribution in [-0.4, -0.2) is 28.4 Å². The normalized spacial score (nSPS) is 11.8. The van der Waals surface area contributed by atoms with E-state index in [4.69, 9.17) is 5.11 Å². The Morgan fingerprint density at radius 2 is 0.746 bits per heavy atom. The molecule has 1 atom stereocenters. The standard InChI is InChI=1S/C36H12F17NO9/c1-5-11(37)6(2)13(39)28(12(5)38)54(60)3-7-9(35(56)57)16(42)18(44)29(14(7)40)61-31-20(46)24(50)33(25(51)21(31)47)63-34-26(52)22(48)32(23(49)27(34)53)62-30-15(41)8(4-55)10(36(58)59)17(43)19(30)45/h4,54H,3H2,1-2H3,(H,56,57)(H,58,59). The SMILES string of the molecule is Cc1c(F)c(C)c(F)c([NH+]([O-])Cc2c(F)c(Oc3c(F)c(F)c(Oc4c(F)c(F)c(Oc5c(F)c(F)c(C(=O)O)c(C=O)c5F)c(F)c4F)c(F)c3F)c(F)c(F)c2C(=O)O)c1F. The summed E-state index contributed by atoms with van der Waals surface area (Å²) in [5.74, 6) is -66.9. The molecule has 0 heterocycles. The minimum Gasteiger partial charge on any atom is -0.628 e. The lowest BCUT2D eigenvalue weighted by atomic mass is 10.0. The van der Waals surface area contributed by atoms with E-state index in [-0.39, 0.29) is 0 Å². The molecule has 0 aliphatic heterocycles. The Bertz CT molecular complexity index is 2770. The Morgan fingerprint density at radius 1 is 0.460 bits per heavy atom. The van der Waals surface area contributed by atoms with Crippen molar-refractivity contribution >= 4 is 23.9 Å². The number of quaternary nitrogens is 1. The van der Waals surface area contributed by atoms with Crippen LogP contribution in [-0.2, 0) is 6.54 Å². The van der Waals surface area contributed by atoms with Gasteiger partial charge >= 0.3 is 11.9 Å². The van der Waals surface area contributed by atoms with Crippen molar-refractivity contribution in [1.82, 2.24) is 0 Å². The fourth-order valence-electron chi connectivity index (χ4n) is 5.52. The average Bonchev–Trinajstić information content (AvgIpc) is 3.22. The number of hydroxylamine groups is 1. The van der Waals surface area contributed by atoms with Crippen LogP contribution >= 0.6 is 0 Å². The van der Waals surface area contributed by atoms with Crippen molar-refractivity contribution in [3.63, 3.8) is 0 Å². The summed E-state index contributed by atoms with van der Waals surface area (Å²) in [4.78, 5) is 34.0. The lowest BCUT2D eigenvalue weighted by molar-refractivity contribution is -0.794. The second kappa shape index (κ2) is 17.0. The van der Waals surface area contributed by atoms with E-state index in [1.807, 2.05) is 0 Å². The molecule has 0 bridgehead atoms. The number of carbonyl (C=O) groups excluding carboxylic acids is 1. The Balaban J connectivity index is 1.59. The van der Waals surface area contributed by atoms with Crippen LogP contribution < -0.4 is 19.3 Å². The van der Waals surface area contributed by atoms with Crippen molar-refractivity contribution in [2.45, 2.75) is 20.4 Å². The molecule has 0 aliphatic carbocycles. The lowest BCUT2D eigenvalue weighted by Gasteiger charge is -2.25. The van der Waals surface area contributed by atoms with E-state index < -0.39 is 202 Å². The molecule has 10 nitrogen and oxygen atoms in total. The van der Waals surface area contributed by atoms with Crippen LogP contribution in [0.1, 0.15) is 47.8 Å². The van der Waals surface area contributed by atoms with Crippen molar-refractivity contribution in [2.24, 2.45) is 0 Å². The third kappa shape index (κ3) is 7.50. The molecule has 5 aromatic carbocycles. The largest absolute Gasteiger partial charge is 0.628 e. The summed E-state index contributed by atoms with van der Waals surface area (Å²) in [5, 5.41) is 29.2. The van der Waals surface area contributed by atoms with Gasteiger partial charge in [-0.1, -0.05) is 0 Å². The molecule has 0 saturated heterocycles. The number of nitrogens with one attached hydrogen (secondary N) is 1. The van der Waals surface area contributed by atoms with Gasteiger partial charge in [0.2, 0.25) is 98.4 Å². The summed E-state index contributed by atoms with van der Waals surface area (Å²) in [7, 11) is 0. The van der Waals surface area contributed by atoms with Gasteiger partial charge < -0.3 is 34.7 Å². The molecule has 5 rings (SSSR count). The number of carboxylic acids is 2. The molecular formula is C36H12F17NO9. The molecule has 0 fully saturated rings. The third-order valence-electron chi connectivity index (χ3n) is 8.59. The molecule has 0 radical (unpaired) electrons. The Labute approximate surface area is 335 Å². The quantitative estimate of drug-likeness (QED) is 0.0482. The maximum absolute atomic E-state index is 15.7. The smallest absolute Gasteiger partial charge is 0.339 e. The van der Waals surface area contributed by atoms with Crippen LogP contribution in [0.3, 0.4) is 0 Å².